The number of hydrogen-bond donors (Lipinski definition) is 0. The van der Waals surface area contributed by atoms with Crippen LogP contribution in [0.2, 0.25) is 0 Å². The van der Waals surface area contributed by atoms with Crippen LogP contribution in [0.15, 0.2) is 0 Å². The average molecular weight is 241 g/mol. The zero-order valence-corrected chi connectivity index (χ0v) is 7.30. The maximum absolute atomic E-state index is 9.88. The van der Waals surface area contributed by atoms with E-state index in [1.807, 2.05) is 0 Å². The third kappa shape index (κ3) is 49.5. The fourth-order valence-corrected chi connectivity index (χ4v) is 0. The minimum absolute atomic E-state index is 0.611. The number of halogens is 3. The Balaban J connectivity index is 0. The second-order valence-electron chi connectivity index (χ2n) is 0.214. The Labute approximate surface area is 59.8 Å². The Kier molecular flexibility index (Phi) is 16.9. The zero-order valence-electron chi connectivity index (χ0n) is 2.75. The van der Waals surface area contributed by atoms with Gasteiger partial charge < -0.3 is 0 Å². The molecule has 1 nitrogen and oxygen atoms in total. The molecule has 6 heteroatoms. The van der Waals surface area contributed by atoms with Gasteiger partial charge in [0, 0.05) is 0 Å². The molecule has 0 atom stereocenters. The quantitative estimate of drug-likeness (QED) is 0.564. The molecule has 0 aromatic heterocycles. The standard InChI is InChI=1S/Al.Ce.3FH.O.H/h;;3*1H;;/q;+3;;;;;/p-3. The van der Waals surface area contributed by atoms with Crippen molar-refractivity contribution in [3.05, 3.63) is 0 Å². The molecular weight excluding hydrogens is 240 g/mol. The third-order valence-corrected chi connectivity index (χ3v) is 0. The van der Waals surface area contributed by atoms with Crippen LogP contribution >= 0.6 is 0 Å². The summed E-state index contributed by atoms with van der Waals surface area (Å²) in [6.07, 6.45) is 0. The van der Waals surface area contributed by atoms with Crippen molar-refractivity contribution in [3.63, 3.8) is 0 Å². The SMILES string of the molecule is [F][Ce]([F])[F].[O]=[AlH]. The Morgan fingerprint density at radius 1 is 1.17 bits per heavy atom. The Morgan fingerprint density at radius 3 is 1.17 bits per heavy atom. The second-order valence-corrected chi connectivity index (χ2v) is 1.56. The van der Waals surface area contributed by atoms with Gasteiger partial charge in [-0.3, -0.25) is 0 Å². The van der Waals surface area contributed by atoms with Crippen molar-refractivity contribution in [1.82, 2.24) is 0 Å². The molecule has 0 unspecified atom stereocenters. The fraction of sp³-hybridized carbons (Fsp3) is 0. The summed E-state index contributed by atoms with van der Waals surface area (Å²) in [6.45, 7) is 0. The van der Waals surface area contributed by atoms with Gasteiger partial charge in [0.05, 0.1) is 0 Å². The van der Waals surface area contributed by atoms with Crippen LogP contribution in [-0.2, 0) is 3.80 Å². The van der Waals surface area contributed by atoms with Crippen LogP contribution in [0.3, 0.4) is 0 Å². The van der Waals surface area contributed by atoms with Gasteiger partial charge >= 0.3 is 60.7 Å². The maximum atomic E-state index is 9.88. The summed E-state index contributed by atoms with van der Waals surface area (Å²) in [7, 11) is 0. The molecular formula is HAlCeF3O. The van der Waals surface area contributed by atoms with Crippen molar-refractivity contribution in [2.24, 2.45) is 0 Å². The van der Waals surface area contributed by atoms with E-state index in [1.165, 1.54) is 0 Å². The molecule has 0 bridgehead atoms. The van der Waals surface area contributed by atoms with E-state index in [0.717, 1.165) is 0 Å². The Morgan fingerprint density at radius 2 is 1.17 bits per heavy atom. The van der Waals surface area contributed by atoms with E-state index in [9.17, 15) is 2.73 Å². The minimum atomic E-state index is -5.16. The van der Waals surface area contributed by atoms with Gasteiger partial charge in [-0.1, -0.05) is 0 Å². The summed E-state index contributed by atoms with van der Waals surface area (Å²) in [6, 6.07) is 0. The molecule has 0 saturated carbocycles. The monoisotopic (exact) mass is 241 g/mol. The normalized spacial score (nSPS) is 5.00. The van der Waals surface area contributed by atoms with Crippen molar-refractivity contribution < 1.29 is 44.5 Å². The van der Waals surface area contributed by atoms with Gasteiger partial charge in [-0.25, -0.2) is 0 Å². The summed E-state index contributed by atoms with van der Waals surface area (Å²) < 4.78 is 37.9. The molecule has 0 N–H and O–H groups in total. The third-order valence-electron chi connectivity index (χ3n) is 0. The Bertz CT molecular complexity index is 22.0. The predicted octanol–water partition coefficient (Wildman–Crippen LogP) is 0.493. The first kappa shape index (κ1) is 10.5. The van der Waals surface area contributed by atoms with Gasteiger partial charge in [-0.2, -0.15) is 0 Å². The first-order valence-corrected chi connectivity index (χ1v) is 4.99. The van der Waals surface area contributed by atoms with Crippen LogP contribution < -0.4 is 0 Å². The van der Waals surface area contributed by atoms with E-state index in [1.54, 1.807) is 0 Å². The van der Waals surface area contributed by atoms with Crippen LogP contribution in [0.5, 0.6) is 0 Å². The van der Waals surface area contributed by atoms with Gasteiger partial charge in [0.1, 0.15) is 0 Å². The molecule has 0 aromatic rings. The molecule has 0 heterocycles. The predicted molar refractivity (Wildman–Crippen MR) is 11.2 cm³/mol. The summed E-state index contributed by atoms with van der Waals surface area (Å²) >= 11 is -4.55. The van der Waals surface area contributed by atoms with Crippen LogP contribution in [0.25, 0.3) is 0 Å². The van der Waals surface area contributed by atoms with Crippen LogP contribution in [0, 0.1) is 37.9 Å². The molecule has 0 aliphatic rings. The van der Waals surface area contributed by atoms with Gasteiger partial charge in [0.25, 0.3) is 0 Å². The van der Waals surface area contributed by atoms with Gasteiger partial charge in [0.2, 0.25) is 0 Å². The van der Waals surface area contributed by atoms with Crippen molar-refractivity contribution in [2.75, 3.05) is 0 Å². The van der Waals surface area contributed by atoms with Crippen molar-refractivity contribution in [3.8, 4) is 0 Å². The number of rotatable bonds is 0. The zero-order chi connectivity index (χ0) is 5.58. The molecule has 0 aromatic carbocycles. The van der Waals surface area contributed by atoms with Crippen molar-refractivity contribution in [2.45, 2.75) is 0 Å². The van der Waals surface area contributed by atoms with Crippen molar-refractivity contribution in [1.29, 1.82) is 0 Å². The Hall–Kier alpha value is 1.50. The fourth-order valence-electron chi connectivity index (χ4n) is 0. The van der Waals surface area contributed by atoms with Crippen LogP contribution in [0.4, 0.5) is 2.73 Å². The van der Waals surface area contributed by atoms with Gasteiger partial charge in [-0.15, -0.1) is 0 Å². The molecule has 0 aliphatic carbocycles. The van der Waals surface area contributed by atoms with E-state index in [0.29, 0.717) is 16.2 Å². The van der Waals surface area contributed by atoms with Gasteiger partial charge in [-0.05, 0) is 0 Å². The summed E-state index contributed by atoms with van der Waals surface area (Å²) in [5.41, 5.74) is 0. The molecule has 35 valence electrons. The van der Waals surface area contributed by atoms with Gasteiger partial charge in [0.15, 0.2) is 0 Å². The molecule has 0 amide bonds. The van der Waals surface area contributed by atoms with E-state index >= 15 is 0 Å². The van der Waals surface area contributed by atoms with E-state index in [-0.39, 0.29) is 0 Å². The average Bonchev–Trinajstić information content (AvgIpc) is 1.41. The molecule has 0 fully saturated rings. The van der Waals surface area contributed by atoms with E-state index in [2.05, 4.69) is 0 Å². The molecule has 0 saturated heterocycles. The molecule has 6 heavy (non-hydrogen) atoms. The van der Waals surface area contributed by atoms with Crippen LogP contribution in [-0.4, -0.2) is 16.2 Å². The molecule has 0 spiro atoms. The number of hydrogen-bond acceptors (Lipinski definition) is 1. The molecule has 0 rings (SSSR count). The first-order valence-electron chi connectivity index (χ1n) is 0.856. The van der Waals surface area contributed by atoms with E-state index in [4.69, 9.17) is 3.80 Å². The summed E-state index contributed by atoms with van der Waals surface area (Å²) in [5.74, 6) is 0. The van der Waals surface area contributed by atoms with Crippen LogP contribution in [0.1, 0.15) is 0 Å². The summed E-state index contributed by atoms with van der Waals surface area (Å²) in [4.78, 5) is 0. The topological polar surface area (TPSA) is 17.1 Å². The second kappa shape index (κ2) is 9.71. The molecule has 0 radical (unpaired) electrons. The first-order chi connectivity index (χ1) is 2.73. The molecule has 0 aliphatic heterocycles. The van der Waals surface area contributed by atoms with Crippen molar-refractivity contribution >= 4 is 16.2 Å². The summed E-state index contributed by atoms with van der Waals surface area (Å²) in [5, 5.41) is 0. The van der Waals surface area contributed by atoms with E-state index < -0.39 is 37.9 Å².